The number of pyridine rings is 1. The number of hydrogen-bond acceptors (Lipinski definition) is 7. The number of methoxy groups -OCH3 is 1. The SMILES string of the molecule is COC(=O)[C@@H](C)Cn1c(=O)[nH]/c(=N\c2ccc(Oc3cc(Cl)ccn3)cc2)n(Cc2ccc(Cl)cc2)c1=O. The average molecular weight is 556 g/mol. The van der Waals surface area contributed by atoms with Gasteiger partial charge in [-0.05, 0) is 48.0 Å². The maximum Gasteiger partial charge on any atom is 0.335 e. The van der Waals surface area contributed by atoms with Gasteiger partial charge in [0.05, 0.1) is 25.3 Å². The fraction of sp³-hybridized carbons (Fsp3) is 0.192. The number of carbonyl (C=O) groups is 1. The molecule has 0 bridgehead atoms. The lowest BCUT2D eigenvalue weighted by atomic mass is 10.2. The quantitative estimate of drug-likeness (QED) is 0.329. The average Bonchev–Trinajstić information content (AvgIpc) is 2.90. The van der Waals surface area contributed by atoms with E-state index < -0.39 is 23.3 Å². The normalized spacial score (nSPS) is 12.3. The number of benzene rings is 2. The zero-order valence-corrected chi connectivity index (χ0v) is 21.9. The van der Waals surface area contributed by atoms with Crippen molar-refractivity contribution in [2.75, 3.05) is 7.11 Å². The van der Waals surface area contributed by atoms with Gasteiger partial charge in [0.1, 0.15) is 5.75 Å². The van der Waals surface area contributed by atoms with Crippen LogP contribution in [0.3, 0.4) is 0 Å². The summed E-state index contributed by atoms with van der Waals surface area (Å²) in [5.41, 5.74) is -0.0987. The Morgan fingerprint density at radius 3 is 2.39 bits per heavy atom. The zero-order valence-electron chi connectivity index (χ0n) is 20.4. The molecule has 2 aromatic heterocycles. The molecule has 0 radical (unpaired) electrons. The maximum absolute atomic E-state index is 13.4. The highest BCUT2D eigenvalue weighted by atomic mass is 35.5. The second-order valence-corrected chi connectivity index (χ2v) is 9.18. The molecule has 1 atom stereocenters. The van der Waals surface area contributed by atoms with E-state index in [-0.39, 0.29) is 18.7 Å². The van der Waals surface area contributed by atoms with E-state index in [9.17, 15) is 14.4 Å². The van der Waals surface area contributed by atoms with Gasteiger partial charge in [-0.25, -0.2) is 24.1 Å². The second kappa shape index (κ2) is 11.9. The number of nitrogens with zero attached hydrogens (tertiary/aromatic N) is 4. The number of carbonyl (C=O) groups excluding carboxylic acids is 1. The summed E-state index contributed by atoms with van der Waals surface area (Å²) in [5, 5.41) is 1.04. The van der Waals surface area contributed by atoms with E-state index in [1.54, 1.807) is 67.6 Å². The van der Waals surface area contributed by atoms with Crippen LogP contribution in [-0.4, -0.2) is 32.2 Å². The molecule has 0 aliphatic carbocycles. The summed E-state index contributed by atoms with van der Waals surface area (Å²) in [7, 11) is 1.25. The van der Waals surface area contributed by atoms with Gasteiger partial charge < -0.3 is 9.47 Å². The molecular weight excluding hydrogens is 533 g/mol. The van der Waals surface area contributed by atoms with Crippen LogP contribution in [0.5, 0.6) is 11.6 Å². The van der Waals surface area contributed by atoms with Crippen molar-refractivity contribution < 1.29 is 14.3 Å². The lowest BCUT2D eigenvalue weighted by Gasteiger charge is -2.14. The van der Waals surface area contributed by atoms with Crippen LogP contribution in [0.2, 0.25) is 10.0 Å². The summed E-state index contributed by atoms with van der Waals surface area (Å²) in [6.45, 7) is 1.51. The fourth-order valence-electron chi connectivity index (χ4n) is 3.54. The molecule has 12 heteroatoms. The van der Waals surface area contributed by atoms with E-state index in [1.807, 2.05) is 0 Å². The molecule has 0 fully saturated rings. The first-order chi connectivity index (χ1) is 18.2. The minimum atomic E-state index is -0.716. The van der Waals surface area contributed by atoms with Crippen molar-refractivity contribution in [3.05, 3.63) is 109 Å². The Hall–Kier alpha value is -4.15. The van der Waals surface area contributed by atoms with Gasteiger partial charge in [-0.2, -0.15) is 0 Å². The minimum Gasteiger partial charge on any atom is -0.469 e. The number of esters is 1. The molecule has 0 unspecified atom stereocenters. The van der Waals surface area contributed by atoms with Crippen LogP contribution in [0.1, 0.15) is 12.5 Å². The lowest BCUT2D eigenvalue weighted by molar-refractivity contribution is -0.145. The van der Waals surface area contributed by atoms with Crippen molar-refractivity contribution in [2.24, 2.45) is 10.9 Å². The molecule has 2 aromatic carbocycles. The summed E-state index contributed by atoms with van der Waals surface area (Å²) >= 11 is 12.0. The first-order valence-electron chi connectivity index (χ1n) is 11.4. The molecule has 0 aliphatic heterocycles. The Balaban J connectivity index is 1.73. The third-order valence-corrected chi connectivity index (χ3v) is 5.97. The van der Waals surface area contributed by atoms with Gasteiger partial charge in [-0.15, -0.1) is 0 Å². The summed E-state index contributed by atoms with van der Waals surface area (Å²) in [5.74, 6) is -0.428. The first-order valence-corrected chi connectivity index (χ1v) is 12.2. The highest BCUT2D eigenvalue weighted by Gasteiger charge is 2.18. The van der Waals surface area contributed by atoms with Gasteiger partial charge in [-0.3, -0.25) is 14.3 Å². The Labute approximate surface area is 226 Å². The molecule has 38 heavy (non-hydrogen) atoms. The number of nitrogens with one attached hydrogen (secondary N) is 1. The van der Waals surface area contributed by atoms with E-state index in [1.165, 1.54) is 17.9 Å². The van der Waals surface area contributed by atoms with Crippen molar-refractivity contribution in [1.82, 2.24) is 19.1 Å². The maximum atomic E-state index is 13.4. The zero-order chi connectivity index (χ0) is 27.2. The first kappa shape index (κ1) is 26.9. The monoisotopic (exact) mass is 555 g/mol. The Kier molecular flexibility index (Phi) is 8.45. The van der Waals surface area contributed by atoms with Gasteiger partial charge in [0.15, 0.2) is 0 Å². The number of hydrogen-bond donors (Lipinski definition) is 1. The highest BCUT2D eigenvalue weighted by molar-refractivity contribution is 6.30. The smallest absolute Gasteiger partial charge is 0.335 e. The number of aromatic nitrogens is 4. The van der Waals surface area contributed by atoms with Gasteiger partial charge in [0.2, 0.25) is 11.5 Å². The molecule has 0 amide bonds. The number of rotatable bonds is 8. The molecule has 0 saturated heterocycles. The van der Waals surface area contributed by atoms with Crippen molar-refractivity contribution >= 4 is 34.9 Å². The summed E-state index contributed by atoms with van der Waals surface area (Å²) in [4.78, 5) is 49.4. The molecule has 10 nitrogen and oxygen atoms in total. The van der Waals surface area contributed by atoms with Gasteiger partial charge in [-0.1, -0.05) is 42.3 Å². The largest absolute Gasteiger partial charge is 0.469 e. The van der Waals surface area contributed by atoms with E-state index in [4.69, 9.17) is 32.7 Å². The molecule has 4 aromatic rings. The van der Waals surface area contributed by atoms with Crippen molar-refractivity contribution in [3.63, 3.8) is 0 Å². The van der Waals surface area contributed by atoms with Crippen LogP contribution in [0.25, 0.3) is 0 Å². The summed E-state index contributed by atoms with van der Waals surface area (Å²) in [6.07, 6.45) is 1.53. The van der Waals surface area contributed by atoms with Gasteiger partial charge in [0.25, 0.3) is 0 Å². The van der Waals surface area contributed by atoms with E-state index in [0.717, 1.165) is 10.1 Å². The Bertz CT molecular complexity index is 1630. The van der Waals surface area contributed by atoms with Crippen LogP contribution in [0.15, 0.2) is 81.4 Å². The number of halogens is 2. The van der Waals surface area contributed by atoms with Gasteiger partial charge in [0, 0.05) is 28.9 Å². The van der Waals surface area contributed by atoms with Crippen molar-refractivity contribution in [3.8, 4) is 11.6 Å². The predicted octanol–water partition coefficient (Wildman–Crippen LogP) is 3.92. The fourth-order valence-corrected chi connectivity index (χ4v) is 3.82. The van der Waals surface area contributed by atoms with E-state index >= 15 is 0 Å². The third-order valence-electron chi connectivity index (χ3n) is 5.49. The molecule has 0 aliphatic rings. The van der Waals surface area contributed by atoms with Crippen LogP contribution < -0.4 is 21.7 Å². The van der Waals surface area contributed by atoms with Crippen LogP contribution in [0.4, 0.5) is 5.69 Å². The molecule has 4 rings (SSSR count). The molecule has 0 saturated carbocycles. The number of H-pyrrole nitrogens is 1. The van der Waals surface area contributed by atoms with Gasteiger partial charge >= 0.3 is 17.3 Å². The Morgan fingerprint density at radius 1 is 1.03 bits per heavy atom. The molecular formula is C26H23Cl2N5O5. The van der Waals surface area contributed by atoms with Crippen LogP contribution in [-0.2, 0) is 22.6 Å². The number of ether oxygens (including phenoxy) is 2. The molecule has 1 N–H and O–H groups in total. The number of aromatic amines is 1. The minimum absolute atomic E-state index is 0.0297. The highest BCUT2D eigenvalue weighted by Crippen LogP contribution is 2.24. The van der Waals surface area contributed by atoms with E-state index in [0.29, 0.717) is 27.4 Å². The lowest BCUT2D eigenvalue weighted by Crippen LogP contribution is -2.51. The second-order valence-electron chi connectivity index (χ2n) is 8.30. The van der Waals surface area contributed by atoms with Crippen LogP contribution >= 0.6 is 23.2 Å². The summed E-state index contributed by atoms with van der Waals surface area (Å²) in [6, 6.07) is 16.8. The third kappa shape index (κ3) is 6.58. The van der Waals surface area contributed by atoms with E-state index in [2.05, 4.69) is 15.0 Å². The summed E-state index contributed by atoms with van der Waals surface area (Å²) < 4.78 is 12.7. The topological polar surface area (TPSA) is 121 Å². The standard InChI is InChI=1S/C26H23Cl2N5O5/c1-16(23(34)37-2)14-33-25(35)31-24(32(26(33)36)15-17-3-5-18(27)6-4-17)30-20-7-9-21(10-8-20)38-22-13-19(28)11-12-29-22/h3-13,16H,14-15H2,1-2H3,(H,30,31,35)/t16-/m0/s1. The predicted molar refractivity (Wildman–Crippen MR) is 142 cm³/mol. The van der Waals surface area contributed by atoms with Crippen molar-refractivity contribution in [1.29, 1.82) is 0 Å². The molecule has 0 spiro atoms. The Morgan fingerprint density at radius 2 is 1.74 bits per heavy atom. The molecule has 196 valence electrons. The molecule has 2 heterocycles. The van der Waals surface area contributed by atoms with Crippen molar-refractivity contribution in [2.45, 2.75) is 20.0 Å². The van der Waals surface area contributed by atoms with Crippen LogP contribution in [0, 0.1) is 5.92 Å².